The van der Waals surface area contributed by atoms with E-state index in [9.17, 15) is 10.1 Å². The van der Waals surface area contributed by atoms with E-state index >= 15 is 0 Å². The van der Waals surface area contributed by atoms with Crippen LogP contribution in [0.3, 0.4) is 0 Å². The number of ether oxygens (including phenoxy) is 1. The molecule has 0 saturated heterocycles. The van der Waals surface area contributed by atoms with Crippen LogP contribution >= 0.6 is 0 Å². The van der Waals surface area contributed by atoms with E-state index in [2.05, 4.69) is 9.97 Å². The van der Waals surface area contributed by atoms with Gasteiger partial charge in [-0.1, -0.05) is 0 Å². The van der Waals surface area contributed by atoms with Crippen LogP contribution in [0.4, 0.5) is 5.69 Å². The van der Waals surface area contributed by atoms with Crippen molar-refractivity contribution in [2.24, 2.45) is 0 Å². The van der Waals surface area contributed by atoms with E-state index in [-0.39, 0.29) is 5.69 Å². The number of hydrogen-bond donors (Lipinski definition) is 0. The summed E-state index contributed by atoms with van der Waals surface area (Å²) >= 11 is 0. The summed E-state index contributed by atoms with van der Waals surface area (Å²) < 4.78 is 5.55. The van der Waals surface area contributed by atoms with Crippen molar-refractivity contribution in [2.75, 3.05) is 0 Å². The Hall–Kier alpha value is -2.50. The number of nitro benzene ring substituents is 1. The molecule has 0 unspecified atom stereocenters. The molecule has 0 aliphatic carbocycles. The molecule has 1 heterocycles. The minimum atomic E-state index is -0.439. The number of aryl methyl sites for hydroxylation is 2. The molecule has 2 rings (SSSR count). The largest absolute Gasteiger partial charge is 0.454 e. The Balaban J connectivity index is 2.24. The van der Waals surface area contributed by atoms with Gasteiger partial charge < -0.3 is 4.74 Å². The highest BCUT2D eigenvalue weighted by molar-refractivity contribution is 5.44. The van der Waals surface area contributed by atoms with E-state index in [1.807, 2.05) is 0 Å². The highest BCUT2D eigenvalue weighted by Gasteiger charge is 2.09. The average Bonchev–Trinajstić information content (AvgIpc) is 2.34. The fourth-order valence-electron chi connectivity index (χ4n) is 1.42. The summed E-state index contributed by atoms with van der Waals surface area (Å²) in [5.41, 5.74) is 0.727. The molecule has 0 saturated carbocycles. The summed E-state index contributed by atoms with van der Waals surface area (Å²) in [6.45, 7) is 3.53. The topological polar surface area (TPSA) is 78.2 Å². The Morgan fingerprint density at radius 2 is 1.89 bits per heavy atom. The monoisotopic (exact) mass is 245 g/mol. The summed E-state index contributed by atoms with van der Waals surface area (Å²) in [7, 11) is 0. The van der Waals surface area contributed by atoms with Gasteiger partial charge in [-0.3, -0.25) is 10.1 Å². The Bertz CT molecular complexity index is 582. The molecule has 0 aliphatic rings. The number of nitro groups is 1. The smallest absolute Gasteiger partial charge is 0.269 e. The van der Waals surface area contributed by atoms with Crippen molar-refractivity contribution in [3.05, 3.63) is 52.1 Å². The average molecular weight is 245 g/mol. The number of rotatable bonds is 3. The van der Waals surface area contributed by atoms with Crippen molar-refractivity contribution in [2.45, 2.75) is 13.8 Å². The van der Waals surface area contributed by atoms with Crippen LogP contribution in [-0.2, 0) is 0 Å². The molecule has 1 aromatic heterocycles. The maximum absolute atomic E-state index is 10.6. The third-order valence-electron chi connectivity index (χ3n) is 2.35. The molecule has 6 nitrogen and oxygen atoms in total. The molecular weight excluding hydrogens is 234 g/mol. The van der Waals surface area contributed by atoms with Crippen LogP contribution in [0.25, 0.3) is 0 Å². The molecule has 0 bridgehead atoms. The Labute approximate surface area is 103 Å². The van der Waals surface area contributed by atoms with Crippen molar-refractivity contribution in [3.8, 4) is 11.5 Å². The van der Waals surface area contributed by atoms with Crippen LogP contribution in [0.5, 0.6) is 11.5 Å². The zero-order valence-electron chi connectivity index (χ0n) is 9.95. The first-order chi connectivity index (χ1) is 8.56. The molecule has 92 valence electrons. The summed E-state index contributed by atoms with van der Waals surface area (Å²) in [6.07, 6.45) is 3.12. The van der Waals surface area contributed by atoms with E-state index < -0.39 is 4.92 Å². The van der Waals surface area contributed by atoms with Gasteiger partial charge in [-0.2, -0.15) is 0 Å². The molecule has 0 amide bonds. The van der Waals surface area contributed by atoms with Gasteiger partial charge in [0.1, 0.15) is 11.6 Å². The van der Waals surface area contributed by atoms with Crippen molar-refractivity contribution in [1.29, 1.82) is 0 Å². The summed E-state index contributed by atoms with van der Waals surface area (Å²) in [5, 5.41) is 10.6. The molecule has 0 N–H and O–H groups in total. The van der Waals surface area contributed by atoms with E-state index in [1.165, 1.54) is 12.1 Å². The Morgan fingerprint density at radius 1 is 1.22 bits per heavy atom. The van der Waals surface area contributed by atoms with Crippen LogP contribution in [0.15, 0.2) is 30.6 Å². The van der Waals surface area contributed by atoms with Crippen molar-refractivity contribution >= 4 is 5.69 Å². The third-order valence-corrected chi connectivity index (χ3v) is 2.35. The number of aromatic nitrogens is 2. The minimum absolute atomic E-state index is 0.0417. The van der Waals surface area contributed by atoms with Gasteiger partial charge in [0, 0.05) is 12.1 Å². The molecule has 0 aliphatic heterocycles. The van der Waals surface area contributed by atoms with Crippen LogP contribution < -0.4 is 4.74 Å². The summed E-state index contributed by atoms with van der Waals surface area (Å²) in [6, 6.07) is 4.43. The Kier molecular flexibility index (Phi) is 3.18. The molecule has 18 heavy (non-hydrogen) atoms. The lowest BCUT2D eigenvalue weighted by Crippen LogP contribution is -1.93. The van der Waals surface area contributed by atoms with E-state index in [1.54, 1.807) is 32.3 Å². The minimum Gasteiger partial charge on any atom is -0.454 e. The highest BCUT2D eigenvalue weighted by Crippen LogP contribution is 2.27. The second kappa shape index (κ2) is 4.79. The van der Waals surface area contributed by atoms with E-state index in [0.717, 1.165) is 0 Å². The van der Waals surface area contributed by atoms with Crippen LogP contribution in [0.1, 0.15) is 11.4 Å². The number of hydrogen-bond acceptors (Lipinski definition) is 5. The number of nitrogens with zero attached hydrogens (tertiary/aromatic N) is 3. The standard InChI is InChI=1S/C12H11N3O3/c1-8-5-10(15(16)17)3-4-12(8)18-11-6-13-9(2)14-7-11/h3-7H,1-2H3. The van der Waals surface area contributed by atoms with Gasteiger partial charge in [-0.15, -0.1) is 0 Å². The predicted octanol–water partition coefficient (Wildman–Crippen LogP) is 2.79. The number of benzene rings is 1. The molecule has 0 atom stereocenters. The van der Waals surface area contributed by atoms with Gasteiger partial charge in [0.15, 0.2) is 5.75 Å². The van der Waals surface area contributed by atoms with Gasteiger partial charge in [0.2, 0.25) is 0 Å². The summed E-state index contributed by atoms with van der Waals surface area (Å²) in [5.74, 6) is 1.70. The van der Waals surface area contributed by atoms with Crippen LogP contribution in [-0.4, -0.2) is 14.9 Å². The molecule has 2 aromatic rings. The zero-order valence-corrected chi connectivity index (χ0v) is 9.95. The van der Waals surface area contributed by atoms with E-state index in [4.69, 9.17) is 4.74 Å². The molecule has 6 heteroatoms. The highest BCUT2D eigenvalue weighted by atomic mass is 16.6. The fourth-order valence-corrected chi connectivity index (χ4v) is 1.42. The van der Waals surface area contributed by atoms with Gasteiger partial charge >= 0.3 is 0 Å². The second-order valence-electron chi connectivity index (χ2n) is 3.77. The van der Waals surface area contributed by atoms with E-state index in [0.29, 0.717) is 22.9 Å². The lowest BCUT2D eigenvalue weighted by Gasteiger charge is -2.07. The molecule has 1 aromatic carbocycles. The summed E-state index contributed by atoms with van der Waals surface area (Å²) in [4.78, 5) is 18.2. The van der Waals surface area contributed by atoms with Crippen LogP contribution in [0.2, 0.25) is 0 Å². The van der Waals surface area contributed by atoms with Crippen molar-refractivity contribution in [1.82, 2.24) is 9.97 Å². The molecule has 0 spiro atoms. The zero-order chi connectivity index (χ0) is 13.1. The maximum Gasteiger partial charge on any atom is 0.269 e. The third kappa shape index (κ3) is 2.60. The van der Waals surface area contributed by atoms with Gasteiger partial charge in [-0.25, -0.2) is 9.97 Å². The Morgan fingerprint density at radius 3 is 2.44 bits per heavy atom. The fraction of sp³-hybridized carbons (Fsp3) is 0.167. The lowest BCUT2D eigenvalue weighted by atomic mass is 10.2. The molecule has 0 fully saturated rings. The van der Waals surface area contributed by atoms with Crippen LogP contribution in [0, 0.1) is 24.0 Å². The van der Waals surface area contributed by atoms with Crippen molar-refractivity contribution < 1.29 is 9.66 Å². The van der Waals surface area contributed by atoms with Crippen molar-refractivity contribution in [3.63, 3.8) is 0 Å². The second-order valence-corrected chi connectivity index (χ2v) is 3.77. The SMILES string of the molecule is Cc1ncc(Oc2ccc([N+](=O)[O-])cc2C)cn1. The predicted molar refractivity (Wildman–Crippen MR) is 64.7 cm³/mol. The van der Waals surface area contributed by atoms with Gasteiger partial charge in [-0.05, 0) is 25.5 Å². The lowest BCUT2D eigenvalue weighted by molar-refractivity contribution is -0.384. The van der Waals surface area contributed by atoms with Gasteiger partial charge in [0.05, 0.1) is 17.3 Å². The quantitative estimate of drug-likeness (QED) is 0.613. The van der Waals surface area contributed by atoms with Gasteiger partial charge in [0.25, 0.3) is 5.69 Å². The normalized spacial score (nSPS) is 10.1. The first-order valence-corrected chi connectivity index (χ1v) is 5.28. The molecular formula is C12H11N3O3. The maximum atomic E-state index is 10.6. The first kappa shape index (κ1) is 12.0. The molecule has 0 radical (unpaired) electrons. The first-order valence-electron chi connectivity index (χ1n) is 5.28. The number of non-ortho nitro benzene ring substituents is 1.